The number of fused-ring (bicyclic) bond motifs is 1. The smallest absolute Gasteiger partial charge is 0.261 e. The van der Waals surface area contributed by atoms with Gasteiger partial charge >= 0.3 is 0 Å². The van der Waals surface area contributed by atoms with Crippen molar-refractivity contribution in [3.63, 3.8) is 0 Å². The minimum absolute atomic E-state index is 0.0117. The summed E-state index contributed by atoms with van der Waals surface area (Å²) in [6.07, 6.45) is 0. The molecule has 0 aliphatic carbocycles. The first-order valence-electron chi connectivity index (χ1n) is 8.57. The Morgan fingerprint density at radius 1 is 1.11 bits per heavy atom. The van der Waals surface area contributed by atoms with Crippen molar-refractivity contribution in [2.45, 2.75) is 31.4 Å². The predicted molar refractivity (Wildman–Crippen MR) is 106 cm³/mol. The lowest BCUT2D eigenvalue weighted by atomic mass is 10.1. The van der Waals surface area contributed by atoms with E-state index in [1.807, 2.05) is 30.3 Å². The van der Waals surface area contributed by atoms with E-state index in [-0.39, 0.29) is 22.9 Å². The SMILES string of the molecule is CC(C)C(NS(=O)(=O)c1cccc2nsnc12)C(=O)NOCc1ccccc1. The maximum Gasteiger partial charge on any atom is 0.261 e. The zero-order chi connectivity index (χ0) is 20.1. The zero-order valence-electron chi connectivity index (χ0n) is 15.3. The molecule has 3 aromatic rings. The molecule has 3 rings (SSSR count). The minimum atomic E-state index is -3.99. The fourth-order valence-corrected chi connectivity index (χ4v) is 4.66. The van der Waals surface area contributed by atoms with Gasteiger partial charge in [0.05, 0.1) is 18.3 Å². The fourth-order valence-electron chi connectivity index (χ4n) is 2.55. The number of carbonyl (C=O) groups excluding carboxylic acids is 1. The molecule has 1 amide bonds. The maximum absolute atomic E-state index is 12.9. The number of nitrogens with one attached hydrogen (secondary N) is 2. The van der Waals surface area contributed by atoms with E-state index in [0.29, 0.717) is 5.52 Å². The van der Waals surface area contributed by atoms with E-state index in [1.165, 1.54) is 6.07 Å². The number of hydrogen-bond donors (Lipinski definition) is 2. The molecule has 0 bridgehead atoms. The Bertz CT molecular complexity index is 1050. The van der Waals surface area contributed by atoms with Gasteiger partial charge in [0.2, 0.25) is 10.0 Å². The summed E-state index contributed by atoms with van der Waals surface area (Å²) in [6.45, 7) is 3.66. The molecule has 0 fully saturated rings. The Morgan fingerprint density at radius 2 is 1.86 bits per heavy atom. The van der Waals surface area contributed by atoms with E-state index < -0.39 is 22.0 Å². The van der Waals surface area contributed by atoms with Crippen LogP contribution in [0, 0.1) is 5.92 Å². The highest BCUT2D eigenvalue weighted by atomic mass is 32.2. The summed E-state index contributed by atoms with van der Waals surface area (Å²) in [5.74, 6) is -0.874. The average molecular weight is 421 g/mol. The first kappa shape index (κ1) is 20.3. The Morgan fingerprint density at radius 3 is 2.57 bits per heavy atom. The second-order valence-corrected chi connectivity index (χ2v) is 8.68. The van der Waals surface area contributed by atoms with Gasteiger partial charge in [-0.15, -0.1) is 0 Å². The van der Waals surface area contributed by atoms with Crippen LogP contribution in [0.2, 0.25) is 0 Å². The Hall–Kier alpha value is -2.40. The Labute approximate surface area is 167 Å². The topological polar surface area (TPSA) is 110 Å². The molecule has 148 valence electrons. The van der Waals surface area contributed by atoms with Gasteiger partial charge < -0.3 is 0 Å². The highest BCUT2D eigenvalue weighted by Crippen LogP contribution is 2.21. The standard InChI is InChI=1S/C18H20N4O4S2/c1-12(2)16(18(23)19-26-11-13-7-4-3-5-8-13)22-28(24,25)15-10-6-9-14-17(15)21-27-20-14/h3-10,12,16,22H,11H2,1-2H3,(H,19,23). The van der Waals surface area contributed by atoms with Gasteiger partial charge in [-0.3, -0.25) is 9.63 Å². The first-order chi connectivity index (χ1) is 13.4. The van der Waals surface area contributed by atoms with Gasteiger partial charge in [0.1, 0.15) is 22.0 Å². The molecule has 0 saturated carbocycles. The van der Waals surface area contributed by atoms with Crippen molar-refractivity contribution in [1.29, 1.82) is 0 Å². The number of aromatic nitrogens is 2. The van der Waals surface area contributed by atoms with Gasteiger partial charge in [-0.1, -0.05) is 50.2 Å². The fraction of sp³-hybridized carbons (Fsp3) is 0.278. The van der Waals surface area contributed by atoms with Crippen molar-refractivity contribution >= 4 is 38.7 Å². The number of hydroxylamine groups is 1. The summed E-state index contributed by atoms with van der Waals surface area (Å²) in [7, 11) is -3.99. The lowest BCUT2D eigenvalue weighted by molar-refractivity contribution is -0.137. The van der Waals surface area contributed by atoms with E-state index in [4.69, 9.17) is 4.84 Å². The zero-order valence-corrected chi connectivity index (χ0v) is 17.0. The largest absolute Gasteiger partial charge is 0.271 e. The van der Waals surface area contributed by atoms with Crippen molar-refractivity contribution in [2.24, 2.45) is 5.92 Å². The van der Waals surface area contributed by atoms with Gasteiger partial charge in [-0.05, 0) is 23.6 Å². The van der Waals surface area contributed by atoms with E-state index in [2.05, 4.69) is 18.9 Å². The second-order valence-electron chi connectivity index (χ2n) is 6.47. The molecule has 28 heavy (non-hydrogen) atoms. The first-order valence-corrected chi connectivity index (χ1v) is 10.8. The minimum Gasteiger partial charge on any atom is -0.271 e. The van der Waals surface area contributed by atoms with Gasteiger partial charge in [0.15, 0.2) is 0 Å². The molecule has 0 saturated heterocycles. The summed E-state index contributed by atoms with van der Waals surface area (Å²) in [4.78, 5) is 17.7. The quantitative estimate of drug-likeness (QED) is 0.541. The lowest BCUT2D eigenvalue weighted by Crippen LogP contribution is -2.49. The number of benzene rings is 2. The molecule has 0 aliphatic rings. The van der Waals surface area contributed by atoms with Crippen LogP contribution in [0.15, 0.2) is 53.4 Å². The number of nitrogens with zero attached hydrogens (tertiary/aromatic N) is 2. The number of rotatable bonds is 8. The number of sulfonamides is 1. The molecular formula is C18H20N4O4S2. The third-order valence-corrected chi connectivity index (χ3v) is 6.04. The van der Waals surface area contributed by atoms with Crippen LogP contribution < -0.4 is 10.2 Å². The molecule has 10 heteroatoms. The molecule has 8 nitrogen and oxygen atoms in total. The van der Waals surface area contributed by atoms with Crippen LogP contribution in [-0.4, -0.2) is 29.1 Å². The molecule has 1 unspecified atom stereocenters. The highest BCUT2D eigenvalue weighted by molar-refractivity contribution is 7.89. The van der Waals surface area contributed by atoms with Crippen molar-refractivity contribution in [2.75, 3.05) is 0 Å². The summed E-state index contributed by atoms with van der Waals surface area (Å²) in [6, 6.07) is 13.0. The van der Waals surface area contributed by atoms with Crippen LogP contribution in [-0.2, 0) is 26.3 Å². The molecule has 2 N–H and O–H groups in total. The third-order valence-electron chi connectivity index (χ3n) is 4.02. The lowest BCUT2D eigenvalue weighted by Gasteiger charge is -2.21. The Balaban J connectivity index is 1.71. The molecule has 2 aromatic carbocycles. The predicted octanol–water partition coefficient (Wildman–Crippen LogP) is 2.24. The van der Waals surface area contributed by atoms with Crippen molar-refractivity contribution < 1.29 is 18.0 Å². The van der Waals surface area contributed by atoms with Crippen LogP contribution in [0.3, 0.4) is 0 Å². The second kappa shape index (κ2) is 8.74. The maximum atomic E-state index is 12.9. The number of carbonyl (C=O) groups is 1. The van der Waals surface area contributed by atoms with Crippen molar-refractivity contribution in [3.05, 3.63) is 54.1 Å². The average Bonchev–Trinajstić information content (AvgIpc) is 3.15. The van der Waals surface area contributed by atoms with Crippen LogP contribution in [0.5, 0.6) is 0 Å². The van der Waals surface area contributed by atoms with Crippen LogP contribution >= 0.6 is 11.7 Å². The molecular weight excluding hydrogens is 400 g/mol. The highest BCUT2D eigenvalue weighted by Gasteiger charge is 2.30. The van der Waals surface area contributed by atoms with E-state index >= 15 is 0 Å². The van der Waals surface area contributed by atoms with Crippen LogP contribution in [0.4, 0.5) is 0 Å². The number of amides is 1. The third kappa shape index (κ3) is 4.71. The van der Waals surface area contributed by atoms with Crippen molar-refractivity contribution in [3.8, 4) is 0 Å². The summed E-state index contributed by atoms with van der Waals surface area (Å²) >= 11 is 0.932. The molecule has 1 atom stereocenters. The van der Waals surface area contributed by atoms with Crippen LogP contribution in [0.25, 0.3) is 11.0 Å². The number of hydrogen-bond acceptors (Lipinski definition) is 7. The summed E-state index contributed by atoms with van der Waals surface area (Å²) < 4.78 is 36.3. The molecule has 0 spiro atoms. The summed E-state index contributed by atoms with van der Waals surface area (Å²) in [5.41, 5.74) is 3.98. The molecule has 0 radical (unpaired) electrons. The monoisotopic (exact) mass is 420 g/mol. The normalized spacial score (nSPS) is 13.0. The van der Waals surface area contributed by atoms with E-state index in [9.17, 15) is 13.2 Å². The van der Waals surface area contributed by atoms with Gasteiger partial charge in [-0.2, -0.15) is 13.5 Å². The van der Waals surface area contributed by atoms with Gasteiger partial charge in [-0.25, -0.2) is 13.9 Å². The van der Waals surface area contributed by atoms with Crippen LogP contribution in [0.1, 0.15) is 19.4 Å². The molecule has 1 heterocycles. The van der Waals surface area contributed by atoms with Gasteiger partial charge in [0.25, 0.3) is 5.91 Å². The van der Waals surface area contributed by atoms with E-state index in [1.54, 1.807) is 26.0 Å². The Kier molecular flexibility index (Phi) is 6.35. The molecule has 0 aliphatic heterocycles. The van der Waals surface area contributed by atoms with Crippen molar-refractivity contribution in [1.82, 2.24) is 18.9 Å². The molecule has 1 aromatic heterocycles. The van der Waals surface area contributed by atoms with E-state index in [0.717, 1.165) is 17.3 Å². The summed E-state index contributed by atoms with van der Waals surface area (Å²) in [5, 5.41) is 0. The van der Waals surface area contributed by atoms with Gasteiger partial charge in [0, 0.05) is 0 Å².